The highest BCUT2D eigenvalue weighted by molar-refractivity contribution is 9.10. The molecular weight excluding hydrogens is 326 g/mol. The van der Waals surface area contributed by atoms with Crippen LogP contribution in [-0.2, 0) is 6.54 Å². The van der Waals surface area contributed by atoms with Crippen molar-refractivity contribution in [2.24, 2.45) is 0 Å². The van der Waals surface area contributed by atoms with Gasteiger partial charge in [-0.2, -0.15) is 0 Å². The van der Waals surface area contributed by atoms with Crippen molar-refractivity contribution in [2.75, 3.05) is 5.32 Å². The molecule has 0 spiro atoms. The molecule has 0 saturated heterocycles. The molecule has 0 fully saturated rings. The van der Waals surface area contributed by atoms with Crippen LogP contribution in [-0.4, -0.2) is 11.1 Å². The number of rotatable bonds is 4. The first-order chi connectivity index (χ1) is 8.97. The molecule has 1 aromatic heterocycles. The number of carboxylic acid groups (broad SMARTS) is 1. The molecule has 0 unspecified atom stereocenters. The summed E-state index contributed by atoms with van der Waals surface area (Å²) < 4.78 is 1.08. The number of anilines is 1. The zero-order chi connectivity index (χ0) is 14.0. The summed E-state index contributed by atoms with van der Waals surface area (Å²) >= 11 is 4.79. The number of thiophene rings is 1. The normalized spacial score (nSPS) is 10.5. The van der Waals surface area contributed by atoms with Crippen molar-refractivity contribution in [2.45, 2.75) is 20.4 Å². The Bertz CT molecular complexity index is 622. The molecule has 2 N–H and O–H groups in total. The number of hydrogen-bond acceptors (Lipinski definition) is 3. The molecule has 100 valence electrons. The number of nitrogens with one attached hydrogen (secondary N) is 1. The van der Waals surface area contributed by atoms with Crippen LogP contribution in [0.5, 0.6) is 0 Å². The van der Waals surface area contributed by atoms with E-state index >= 15 is 0 Å². The maximum absolute atomic E-state index is 10.9. The maximum Gasteiger partial charge on any atom is 0.345 e. The van der Waals surface area contributed by atoms with E-state index in [0.717, 1.165) is 20.6 Å². The largest absolute Gasteiger partial charge is 0.477 e. The summed E-state index contributed by atoms with van der Waals surface area (Å²) in [7, 11) is 0. The van der Waals surface area contributed by atoms with Crippen molar-refractivity contribution >= 4 is 38.9 Å². The average Bonchev–Trinajstić information content (AvgIpc) is 2.73. The predicted octanol–water partition coefficient (Wildman–Crippen LogP) is 4.44. The second-order valence-electron chi connectivity index (χ2n) is 4.34. The van der Waals surface area contributed by atoms with Gasteiger partial charge in [-0.3, -0.25) is 0 Å². The second kappa shape index (κ2) is 5.75. The van der Waals surface area contributed by atoms with E-state index in [1.165, 1.54) is 16.9 Å². The molecule has 3 nitrogen and oxygen atoms in total. The second-order valence-corrected chi connectivity index (χ2v) is 6.33. The molecular formula is C14H14BrNO2S. The Morgan fingerprint density at radius 2 is 2.05 bits per heavy atom. The van der Waals surface area contributed by atoms with Gasteiger partial charge in [-0.1, -0.05) is 15.9 Å². The van der Waals surface area contributed by atoms with Crippen LogP contribution in [0, 0.1) is 13.8 Å². The minimum Gasteiger partial charge on any atom is -0.477 e. The molecule has 0 aliphatic heterocycles. The van der Waals surface area contributed by atoms with E-state index in [1.54, 1.807) is 6.07 Å². The Hall–Kier alpha value is -1.33. The van der Waals surface area contributed by atoms with Gasteiger partial charge in [0.1, 0.15) is 4.88 Å². The summed E-state index contributed by atoms with van der Waals surface area (Å²) in [6, 6.07) is 7.78. The minimum atomic E-state index is -0.862. The Morgan fingerprint density at radius 3 is 2.63 bits per heavy atom. The first-order valence-electron chi connectivity index (χ1n) is 5.80. The third-order valence-electron chi connectivity index (χ3n) is 2.84. The van der Waals surface area contributed by atoms with Gasteiger partial charge in [0, 0.05) is 21.6 Å². The van der Waals surface area contributed by atoms with Gasteiger partial charge < -0.3 is 10.4 Å². The molecule has 5 heteroatoms. The molecule has 0 radical (unpaired) electrons. The predicted molar refractivity (Wildman–Crippen MR) is 82.2 cm³/mol. The SMILES string of the molecule is Cc1cc(NCc2sc(C(=O)O)cc2C)ccc1Br. The van der Waals surface area contributed by atoms with Crippen LogP contribution in [0.1, 0.15) is 25.7 Å². The zero-order valence-electron chi connectivity index (χ0n) is 10.7. The Morgan fingerprint density at radius 1 is 1.32 bits per heavy atom. The van der Waals surface area contributed by atoms with Crippen molar-refractivity contribution < 1.29 is 9.90 Å². The lowest BCUT2D eigenvalue weighted by Crippen LogP contribution is -1.98. The fourth-order valence-electron chi connectivity index (χ4n) is 1.74. The van der Waals surface area contributed by atoms with Gasteiger partial charge in [0.2, 0.25) is 0 Å². The molecule has 2 aromatic rings. The van der Waals surface area contributed by atoms with E-state index < -0.39 is 5.97 Å². The van der Waals surface area contributed by atoms with Crippen LogP contribution in [0.3, 0.4) is 0 Å². The van der Waals surface area contributed by atoms with E-state index in [4.69, 9.17) is 5.11 Å². The Balaban J connectivity index is 2.09. The minimum absolute atomic E-state index is 0.390. The van der Waals surface area contributed by atoms with Crippen molar-refractivity contribution in [3.63, 3.8) is 0 Å². The highest BCUT2D eigenvalue weighted by Gasteiger charge is 2.10. The van der Waals surface area contributed by atoms with Gasteiger partial charge in [0.25, 0.3) is 0 Å². The van der Waals surface area contributed by atoms with E-state index in [9.17, 15) is 4.79 Å². The lowest BCUT2D eigenvalue weighted by atomic mass is 10.2. The zero-order valence-corrected chi connectivity index (χ0v) is 13.1. The van der Waals surface area contributed by atoms with Crippen LogP contribution >= 0.6 is 27.3 Å². The Labute approximate surface area is 124 Å². The fraction of sp³-hybridized carbons (Fsp3) is 0.214. The van der Waals surface area contributed by atoms with Gasteiger partial charge in [-0.05, 0) is 49.2 Å². The Kier molecular flexibility index (Phi) is 4.27. The van der Waals surface area contributed by atoms with Crippen molar-refractivity contribution in [3.05, 3.63) is 49.6 Å². The number of hydrogen-bond donors (Lipinski definition) is 2. The topological polar surface area (TPSA) is 49.3 Å². The third kappa shape index (κ3) is 3.36. The molecule has 0 aliphatic rings. The smallest absolute Gasteiger partial charge is 0.345 e. The van der Waals surface area contributed by atoms with Crippen molar-refractivity contribution in [3.8, 4) is 0 Å². The van der Waals surface area contributed by atoms with Crippen LogP contribution in [0.4, 0.5) is 5.69 Å². The molecule has 19 heavy (non-hydrogen) atoms. The van der Waals surface area contributed by atoms with E-state index in [1.807, 2.05) is 26.0 Å². The van der Waals surface area contributed by atoms with Crippen molar-refractivity contribution in [1.29, 1.82) is 0 Å². The molecule has 0 aliphatic carbocycles. The van der Waals surface area contributed by atoms with Gasteiger partial charge in [-0.25, -0.2) is 4.79 Å². The number of halogens is 1. The highest BCUT2D eigenvalue weighted by atomic mass is 79.9. The summed E-state index contributed by atoms with van der Waals surface area (Å²) in [5.41, 5.74) is 3.22. The van der Waals surface area contributed by atoms with Crippen LogP contribution in [0.15, 0.2) is 28.7 Å². The molecule has 0 bridgehead atoms. The lowest BCUT2D eigenvalue weighted by Gasteiger charge is -2.07. The summed E-state index contributed by atoms with van der Waals surface area (Å²) in [6.45, 7) is 4.62. The van der Waals surface area contributed by atoms with Gasteiger partial charge >= 0.3 is 5.97 Å². The van der Waals surface area contributed by atoms with E-state index in [2.05, 4.69) is 27.3 Å². The monoisotopic (exact) mass is 339 g/mol. The number of aromatic carboxylic acids is 1. The molecule has 0 amide bonds. The first kappa shape index (κ1) is 14.1. The number of aryl methyl sites for hydroxylation is 2. The maximum atomic E-state index is 10.9. The third-order valence-corrected chi connectivity index (χ3v) is 4.96. The number of carboxylic acids is 1. The lowest BCUT2D eigenvalue weighted by molar-refractivity contribution is 0.0702. The summed E-state index contributed by atoms with van der Waals surface area (Å²) in [5.74, 6) is -0.862. The summed E-state index contributed by atoms with van der Waals surface area (Å²) in [5, 5.41) is 12.3. The van der Waals surface area contributed by atoms with Crippen LogP contribution in [0.25, 0.3) is 0 Å². The van der Waals surface area contributed by atoms with Crippen molar-refractivity contribution in [1.82, 2.24) is 0 Å². The highest BCUT2D eigenvalue weighted by Crippen LogP contribution is 2.24. The van der Waals surface area contributed by atoms with Gasteiger partial charge in [0.15, 0.2) is 0 Å². The molecule has 0 atom stereocenters. The van der Waals surface area contributed by atoms with Gasteiger partial charge in [-0.15, -0.1) is 11.3 Å². The number of carbonyl (C=O) groups is 1. The number of benzene rings is 1. The first-order valence-corrected chi connectivity index (χ1v) is 7.41. The van der Waals surface area contributed by atoms with Crippen LogP contribution in [0.2, 0.25) is 0 Å². The molecule has 0 saturated carbocycles. The van der Waals surface area contributed by atoms with Gasteiger partial charge in [0.05, 0.1) is 0 Å². The molecule has 1 heterocycles. The summed E-state index contributed by atoms with van der Waals surface area (Å²) in [6.07, 6.45) is 0. The molecule has 2 rings (SSSR count). The standard InChI is InChI=1S/C14H14BrNO2S/c1-8-5-10(3-4-11(8)15)16-7-13-9(2)6-12(19-13)14(17)18/h3-6,16H,7H2,1-2H3,(H,17,18). The average molecular weight is 340 g/mol. The summed E-state index contributed by atoms with van der Waals surface area (Å²) in [4.78, 5) is 12.4. The molecule has 1 aromatic carbocycles. The van der Waals surface area contributed by atoms with E-state index in [0.29, 0.717) is 11.4 Å². The fourth-order valence-corrected chi connectivity index (χ4v) is 2.94. The van der Waals surface area contributed by atoms with Crippen LogP contribution < -0.4 is 5.32 Å². The van der Waals surface area contributed by atoms with E-state index in [-0.39, 0.29) is 0 Å². The quantitative estimate of drug-likeness (QED) is 0.865.